The quantitative estimate of drug-likeness (QED) is 0.702. The van der Waals surface area contributed by atoms with Gasteiger partial charge >= 0.3 is 0 Å². The molecule has 0 aromatic heterocycles. The summed E-state index contributed by atoms with van der Waals surface area (Å²) >= 11 is 0. The largest absolute Gasteiger partial charge is 0.494 e. The summed E-state index contributed by atoms with van der Waals surface area (Å²) in [7, 11) is 0. The van der Waals surface area contributed by atoms with Gasteiger partial charge in [-0.15, -0.1) is 0 Å². The second-order valence-corrected chi connectivity index (χ2v) is 7.89. The topological polar surface area (TPSA) is 84.7 Å². The second kappa shape index (κ2) is 10.3. The van der Waals surface area contributed by atoms with Gasteiger partial charge in [0.25, 0.3) is 5.91 Å². The fraction of sp³-hybridized carbons (Fsp3) is 0.417. The van der Waals surface area contributed by atoms with Gasteiger partial charge in [-0.1, -0.05) is 24.3 Å². The van der Waals surface area contributed by atoms with Crippen molar-refractivity contribution in [2.24, 2.45) is 11.7 Å². The third-order valence-corrected chi connectivity index (χ3v) is 5.50. The smallest absolute Gasteiger partial charge is 0.251 e. The molecule has 0 aliphatic carbocycles. The zero-order valence-corrected chi connectivity index (χ0v) is 17.8. The van der Waals surface area contributed by atoms with Gasteiger partial charge in [-0.3, -0.25) is 14.5 Å². The highest BCUT2D eigenvalue weighted by Gasteiger charge is 2.23. The number of primary amides is 1. The van der Waals surface area contributed by atoms with Crippen LogP contribution < -0.4 is 15.8 Å². The molecule has 160 valence electrons. The first kappa shape index (κ1) is 21.8. The van der Waals surface area contributed by atoms with Crippen molar-refractivity contribution >= 4 is 11.8 Å². The van der Waals surface area contributed by atoms with Crippen molar-refractivity contribution in [3.63, 3.8) is 0 Å². The minimum atomic E-state index is -0.208. The number of hydrogen-bond donors (Lipinski definition) is 2. The van der Waals surface area contributed by atoms with Crippen LogP contribution in [0.4, 0.5) is 0 Å². The molecule has 3 N–H and O–H groups in total. The van der Waals surface area contributed by atoms with Crippen LogP contribution >= 0.6 is 0 Å². The summed E-state index contributed by atoms with van der Waals surface area (Å²) in [6.45, 7) is 7.41. The normalized spacial score (nSPS) is 16.8. The van der Waals surface area contributed by atoms with E-state index in [1.165, 1.54) is 5.56 Å². The summed E-state index contributed by atoms with van der Waals surface area (Å²) in [5.41, 5.74) is 9.27. The molecular formula is C24H31N3O3. The van der Waals surface area contributed by atoms with Crippen molar-refractivity contribution in [2.45, 2.75) is 39.8 Å². The Balaban J connectivity index is 1.57. The maximum absolute atomic E-state index is 12.5. The van der Waals surface area contributed by atoms with Crippen LogP contribution in [0.25, 0.3) is 0 Å². The Morgan fingerprint density at radius 1 is 1.20 bits per heavy atom. The Hall–Kier alpha value is -2.86. The Bertz CT molecular complexity index is 897. The molecule has 1 heterocycles. The summed E-state index contributed by atoms with van der Waals surface area (Å²) in [5, 5.41) is 2.99. The maximum atomic E-state index is 12.5. The SMILES string of the molecule is CCOc1ccc(C(=O)NCc2cccc(CN3CCCC(C(N)=O)C3)c2)cc1C. The van der Waals surface area contributed by atoms with Crippen molar-refractivity contribution in [1.29, 1.82) is 0 Å². The third kappa shape index (κ3) is 5.83. The Morgan fingerprint density at radius 3 is 2.73 bits per heavy atom. The molecule has 1 atom stereocenters. The van der Waals surface area contributed by atoms with Crippen LogP contribution in [0.5, 0.6) is 5.75 Å². The van der Waals surface area contributed by atoms with E-state index in [1.807, 2.05) is 38.1 Å². The standard InChI is InChI=1S/C24H31N3O3/c1-3-30-22-10-9-20(12-17(22)2)24(29)26-14-18-6-4-7-19(13-18)15-27-11-5-8-21(16-27)23(25)28/h4,6-7,9-10,12-13,21H,3,5,8,11,14-16H2,1-2H3,(H2,25,28)(H,26,29). The van der Waals surface area contributed by atoms with Gasteiger partial charge in [0.2, 0.25) is 5.91 Å². The predicted octanol–water partition coefficient (Wildman–Crippen LogP) is 3.02. The van der Waals surface area contributed by atoms with Gasteiger partial charge in [0.05, 0.1) is 12.5 Å². The van der Waals surface area contributed by atoms with Crippen molar-refractivity contribution in [1.82, 2.24) is 10.2 Å². The van der Waals surface area contributed by atoms with Gasteiger partial charge in [0, 0.05) is 25.2 Å². The lowest BCUT2D eigenvalue weighted by Crippen LogP contribution is -2.40. The third-order valence-electron chi connectivity index (χ3n) is 5.50. The molecule has 0 bridgehead atoms. The Morgan fingerprint density at radius 2 is 2.00 bits per heavy atom. The van der Waals surface area contributed by atoms with Gasteiger partial charge in [0.1, 0.15) is 5.75 Å². The number of nitrogens with one attached hydrogen (secondary N) is 1. The maximum Gasteiger partial charge on any atom is 0.251 e. The number of amides is 2. The van der Waals surface area contributed by atoms with Crippen LogP contribution in [0, 0.1) is 12.8 Å². The first-order chi connectivity index (χ1) is 14.5. The van der Waals surface area contributed by atoms with Gasteiger partial charge in [-0.05, 0) is 68.1 Å². The van der Waals surface area contributed by atoms with Crippen molar-refractivity contribution in [2.75, 3.05) is 19.7 Å². The van der Waals surface area contributed by atoms with Crippen molar-refractivity contribution < 1.29 is 14.3 Å². The number of rotatable bonds is 8. The van der Waals surface area contributed by atoms with Gasteiger partial charge in [0.15, 0.2) is 0 Å². The predicted molar refractivity (Wildman–Crippen MR) is 117 cm³/mol. The van der Waals surface area contributed by atoms with Crippen LogP contribution in [-0.4, -0.2) is 36.4 Å². The molecule has 1 saturated heterocycles. The van der Waals surface area contributed by atoms with Crippen molar-refractivity contribution in [3.05, 3.63) is 64.7 Å². The molecule has 2 aromatic carbocycles. The summed E-state index contributed by atoms with van der Waals surface area (Å²) in [6.07, 6.45) is 1.87. The molecule has 0 saturated carbocycles. The Labute approximate surface area is 178 Å². The van der Waals surface area contributed by atoms with E-state index in [4.69, 9.17) is 10.5 Å². The summed E-state index contributed by atoms with van der Waals surface area (Å²) in [4.78, 5) is 26.3. The van der Waals surface area contributed by atoms with Crippen LogP contribution in [0.15, 0.2) is 42.5 Å². The summed E-state index contributed by atoms with van der Waals surface area (Å²) < 4.78 is 5.53. The number of nitrogens with two attached hydrogens (primary N) is 1. The number of benzene rings is 2. The van der Waals surface area contributed by atoms with E-state index in [9.17, 15) is 9.59 Å². The lowest BCUT2D eigenvalue weighted by molar-refractivity contribution is -0.123. The number of nitrogens with zero attached hydrogens (tertiary/aromatic N) is 1. The van der Waals surface area contributed by atoms with E-state index >= 15 is 0 Å². The summed E-state index contributed by atoms with van der Waals surface area (Å²) in [6, 6.07) is 13.7. The highest BCUT2D eigenvalue weighted by atomic mass is 16.5. The van der Waals surface area contributed by atoms with Gasteiger partial charge in [-0.25, -0.2) is 0 Å². The zero-order chi connectivity index (χ0) is 21.5. The first-order valence-electron chi connectivity index (χ1n) is 10.6. The van der Waals surface area contributed by atoms with E-state index < -0.39 is 0 Å². The van der Waals surface area contributed by atoms with Crippen LogP contribution in [0.2, 0.25) is 0 Å². The molecular weight excluding hydrogens is 378 g/mol. The minimum absolute atomic E-state index is 0.0567. The van der Waals surface area contributed by atoms with E-state index in [1.54, 1.807) is 6.07 Å². The summed E-state index contributed by atoms with van der Waals surface area (Å²) in [5.74, 6) is 0.435. The first-order valence-corrected chi connectivity index (χ1v) is 10.6. The lowest BCUT2D eigenvalue weighted by Gasteiger charge is -2.31. The van der Waals surface area contributed by atoms with Gasteiger partial charge < -0.3 is 15.8 Å². The molecule has 30 heavy (non-hydrogen) atoms. The zero-order valence-electron chi connectivity index (χ0n) is 17.8. The van der Waals surface area contributed by atoms with Gasteiger partial charge in [-0.2, -0.15) is 0 Å². The number of hydrogen-bond acceptors (Lipinski definition) is 4. The van der Waals surface area contributed by atoms with Crippen molar-refractivity contribution in [3.8, 4) is 5.75 Å². The highest BCUT2D eigenvalue weighted by molar-refractivity contribution is 5.94. The molecule has 1 unspecified atom stereocenters. The molecule has 6 nitrogen and oxygen atoms in total. The lowest BCUT2D eigenvalue weighted by atomic mass is 9.97. The molecule has 1 aliphatic heterocycles. The van der Waals surface area contributed by atoms with E-state index in [2.05, 4.69) is 22.3 Å². The molecule has 0 spiro atoms. The molecule has 6 heteroatoms. The number of carbonyl (C=O) groups is 2. The van der Waals surface area contributed by atoms with E-state index in [0.29, 0.717) is 25.3 Å². The molecule has 2 aromatic rings. The fourth-order valence-corrected chi connectivity index (χ4v) is 3.92. The number of piperidine rings is 1. The number of carbonyl (C=O) groups excluding carboxylic acids is 2. The molecule has 2 amide bonds. The fourth-order valence-electron chi connectivity index (χ4n) is 3.92. The average Bonchev–Trinajstić information content (AvgIpc) is 2.74. The monoisotopic (exact) mass is 409 g/mol. The van der Waals surface area contributed by atoms with Crippen LogP contribution in [0.1, 0.15) is 46.8 Å². The average molecular weight is 410 g/mol. The van der Waals surface area contributed by atoms with E-state index in [-0.39, 0.29) is 17.7 Å². The molecule has 3 rings (SSSR count). The highest BCUT2D eigenvalue weighted by Crippen LogP contribution is 2.20. The number of likely N-dealkylation sites (tertiary alicyclic amines) is 1. The number of ether oxygens (including phenoxy) is 1. The number of aryl methyl sites for hydroxylation is 1. The minimum Gasteiger partial charge on any atom is -0.494 e. The van der Waals surface area contributed by atoms with Crippen LogP contribution in [0.3, 0.4) is 0 Å². The van der Waals surface area contributed by atoms with E-state index in [0.717, 1.165) is 42.8 Å². The van der Waals surface area contributed by atoms with Crippen LogP contribution in [-0.2, 0) is 17.9 Å². The molecule has 1 aliphatic rings. The molecule has 0 radical (unpaired) electrons. The Kier molecular flexibility index (Phi) is 7.46. The molecule has 1 fully saturated rings. The second-order valence-electron chi connectivity index (χ2n) is 7.89.